The van der Waals surface area contributed by atoms with Gasteiger partial charge in [0.25, 0.3) is 10.0 Å². The fourth-order valence-electron chi connectivity index (χ4n) is 2.03. The maximum Gasteiger partial charge on any atom is 0.262 e. The molecule has 2 N–H and O–H groups in total. The molecule has 0 bridgehead atoms. The molecule has 0 aliphatic carbocycles. The maximum atomic E-state index is 12.4. The Bertz CT molecular complexity index is 769. The summed E-state index contributed by atoms with van der Waals surface area (Å²) in [5.41, 5.74) is 1.74. The number of hydrogen-bond donors (Lipinski definition) is 2. The van der Waals surface area contributed by atoms with Crippen LogP contribution in [0.5, 0.6) is 11.5 Å². The van der Waals surface area contributed by atoms with Crippen molar-refractivity contribution in [3.8, 4) is 11.5 Å². The van der Waals surface area contributed by atoms with E-state index in [2.05, 4.69) is 4.72 Å². The third kappa shape index (κ3) is 3.28. The van der Waals surface area contributed by atoms with Crippen molar-refractivity contribution < 1.29 is 18.3 Å². The first-order chi connectivity index (χ1) is 9.83. The molecule has 0 heterocycles. The Balaban J connectivity index is 2.37. The molecule has 6 heteroatoms. The van der Waals surface area contributed by atoms with Crippen molar-refractivity contribution >= 4 is 15.7 Å². The van der Waals surface area contributed by atoms with E-state index in [1.54, 1.807) is 31.2 Å². The normalized spacial score (nSPS) is 11.2. The van der Waals surface area contributed by atoms with Crippen LogP contribution in [0.4, 0.5) is 5.69 Å². The molecule has 2 rings (SSSR count). The molecule has 5 nitrogen and oxygen atoms in total. The average molecular weight is 307 g/mol. The van der Waals surface area contributed by atoms with E-state index in [0.717, 1.165) is 5.56 Å². The van der Waals surface area contributed by atoms with Gasteiger partial charge in [0.2, 0.25) is 0 Å². The van der Waals surface area contributed by atoms with Crippen LogP contribution in [0.1, 0.15) is 11.1 Å². The molecule has 2 aromatic rings. The summed E-state index contributed by atoms with van der Waals surface area (Å²) in [6.07, 6.45) is 0. The number of hydrogen-bond acceptors (Lipinski definition) is 4. The molecule has 0 saturated heterocycles. The number of methoxy groups -OCH3 is 1. The highest BCUT2D eigenvalue weighted by Crippen LogP contribution is 2.30. The van der Waals surface area contributed by atoms with Crippen LogP contribution in [-0.4, -0.2) is 20.6 Å². The summed E-state index contributed by atoms with van der Waals surface area (Å²) in [6, 6.07) is 9.44. The Labute approximate surface area is 124 Å². The van der Waals surface area contributed by atoms with Gasteiger partial charge in [-0.2, -0.15) is 0 Å². The van der Waals surface area contributed by atoms with Crippen LogP contribution < -0.4 is 9.46 Å². The summed E-state index contributed by atoms with van der Waals surface area (Å²) >= 11 is 0. The number of aromatic hydroxyl groups is 1. The average Bonchev–Trinajstić information content (AvgIpc) is 2.40. The summed E-state index contributed by atoms with van der Waals surface area (Å²) in [5, 5.41) is 9.84. The zero-order chi connectivity index (χ0) is 15.6. The number of ether oxygens (including phenoxy) is 1. The number of aryl methyl sites for hydroxylation is 2. The largest absolute Gasteiger partial charge is 0.506 e. The van der Waals surface area contributed by atoms with Crippen molar-refractivity contribution in [2.45, 2.75) is 18.7 Å². The standard InChI is InChI=1S/C15H17NO4S/c1-10-4-7-15(11(2)8-10)21(18,19)16-13-6-5-12(20-3)9-14(13)17/h4-9,16-17H,1-3H3. The Morgan fingerprint density at radius 3 is 2.38 bits per heavy atom. The lowest BCUT2D eigenvalue weighted by atomic mass is 10.2. The van der Waals surface area contributed by atoms with Gasteiger partial charge in [-0.15, -0.1) is 0 Å². The summed E-state index contributed by atoms with van der Waals surface area (Å²) in [6.45, 7) is 3.63. The second-order valence-corrected chi connectivity index (χ2v) is 6.41. The van der Waals surface area contributed by atoms with E-state index >= 15 is 0 Å². The second kappa shape index (κ2) is 5.65. The van der Waals surface area contributed by atoms with Crippen LogP contribution in [0, 0.1) is 13.8 Å². The van der Waals surface area contributed by atoms with Crippen LogP contribution in [-0.2, 0) is 10.0 Å². The lowest BCUT2D eigenvalue weighted by Gasteiger charge is -2.12. The smallest absolute Gasteiger partial charge is 0.262 e. The quantitative estimate of drug-likeness (QED) is 0.852. The highest BCUT2D eigenvalue weighted by Gasteiger charge is 2.18. The van der Waals surface area contributed by atoms with E-state index in [-0.39, 0.29) is 16.3 Å². The zero-order valence-electron chi connectivity index (χ0n) is 12.0. The van der Waals surface area contributed by atoms with Gasteiger partial charge < -0.3 is 9.84 Å². The minimum atomic E-state index is -3.75. The number of rotatable bonds is 4. The number of nitrogens with one attached hydrogen (secondary N) is 1. The molecule has 0 radical (unpaired) electrons. The van der Waals surface area contributed by atoms with Crippen molar-refractivity contribution in [2.24, 2.45) is 0 Å². The van der Waals surface area contributed by atoms with Crippen molar-refractivity contribution in [1.29, 1.82) is 0 Å². The second-order valence-electron chi connectivity index (χ2n) is 4.76. The van der Waals surface area contributed by atoms with Crippen LogP contribution in [0.25, 0.3) is 0 Å². The van der Waals surface area contributed by atoms with E-state index in [1.165, 1.54) is 19.2 Å². The van der Waals surface area contributed by atoms with Crippen LogP contribution >= 0.6 is 0 Å². The zero-order valence-corrected chi connectivity index (χ0v) is 12.9. The van der Waals surface area contributed by atoms with E-state index < -0.39 is 10.0 Å². The van der Waals surface area contributed by atoms with Crippen molar-refractivity contribution in [3.63, 3.8) is 0 Å². The molecule has 0 spiro atoms. The van der Waals surface area contributed by atoms with Gasteiger partial charge in [0.1, 0.15) is 11.5 Å². The molecular formula is C15H17NO4S. The molecule has 0 unspecified atom stereocenters. The first kappa shape index (κ1) is 15.2. The first-order valence-electron chi connectivity index (χ1n) is 6.30. The summed E-state index contributed by atoms with van der Waals surface area (Å²) in [4.78, 5) is 0.184. The van der Waals surface area contributed by atoms with Gasteiger partial charge in [-0.3, -0.25) is 4.72 Å². The molecular weight excluding hydrogens is 290 g/mol. The summed E-state index contributed by atoms with van der Waals surface area (Å²) in [5.74, 6) is 0.254. The van der Waals surface area contributed by atoms with Crippen LogP contribution in [0.2, 0.25) is 0 Å². The van der Waals surface area contributed by atoms with Gasteiger partial charge in [-0.25, -0.2) is 8.42 Å². The number of phenols is 1. The first-order valence-corrected chi connectivity index (χ1v) is 7.79. The molecule has 0 fully saturated rings. The minimum absolute atomic E-state index is 0.107. The topological polar surface area (TPSA) is 75.6 Å². The van der Waals surface area contributed by atoms with Crippen molar-refractivity contribution in [1.82, 2.24) is 0 Å². The third-order valence-electron chi connectivity index (χ3n) is 3.07. The van der Waals surface area contributed by atoms with Gasteiger partial charge in [-0.1, -0.05) is 17.7 Å². The highest BCUT2D eigenvalue weighted by atomic mass is 32.2. The van der Waals surface area contributed by atoms with Crippen LogP contribution in [0.3, 0.4) is 0 Å². The van der Waals surface area contributed by atoms with Gasteiger partial charge in [0.05, 0.1) is 17.7 Å². The van der Waals surface area contributed by atoms with E-state index in [4.69, 9.17) is 4.74 Å². The number of phenolic OH excluding ortho intramolecular Hbond substituents is 1. The number of anilines is 1. The molecule has 0 saturated carbocycles. The molecule has 0 aromatic heterocycles. The van der Waals surface area contributed by atoms with Gasteiger partial charge in [0, 0.05) is 6.07 Å². The van der Waals surface area contributed by atoms with E-state index in [1.807, 2.05) is 6.92 Å². The molecule has 0 aliphatic heterocycles. The Morgan fingerprint density at radius 1 is 1.10 bits per heavy atom. The fourth-order valence-corrected chi connectivity index (χ4v) is 3.33. The maximum absolute atomic E-state index is 12.4. The van der Waals surface area contributed by atoms with Gasteiger partial charge >= 0.3 is 0 Å². The molecule has 0 amide bonds. The minimum Gasteiger partial charge on any atom is -0.506 e. The van der Waals surface area contributed by atoms with Crippen LogP contribution in [0.15, 0.2) is 41.3 Å². The van der Waals surface area contributed by atoms with Crippen molar-refractivity contribution in [3.05, 3.63) is 47.5 Å². The Hall–Kier alpha value is -2.21. The van der Waals surface area contributed by atoms with E-state index in [0.29, 0.717) is 11.3 Å². The Morgan fingerprint density at radius 2 is 1.81 bits per heavy atom. The van der Waals surface area contributed by atoms with Gasteiger partial charge in [-0.05, 0) is 37.6 Å². The predicted molar refractivity (Wildman–Crippen MR) is 81.4 cm³/mol. The fraction of sp³-hybridized carbons (Fsp3) is 0.200. The number of benzene rings is 2. The van der Waals surface area contributed by atoms with Crippen molar-refractivity contribution in [2.75, 3.05) is 11.8 Å². The number of sulfonamides is 1. The Kier molecular flexibility index (Phi) is 4.09. The van der Waals surface area contributed by atoms with Gasteiger partial charge in [0.15, 0.2) is 0 Å². The molecule has 2 aromatic carbocycles. The third-order valence-corrected chi connectivity index (χ3v) is 4.59. The molecule has 21 heavy (non-hydrogen) atoms. The molecule has 0 atom stereocenters. The highest BCUT2D eigenvalue weighted by molar-refractivity contribution is 7.92. The molecule has 112 valence electrons. The lowest BCUT2D eigenvalue weighted by molar-refractivity contribution is 0.408. The van der Waals surface area contributed by atoms with E-state index in [9.17, 15) is 13.5 Å². The predicted octanol–water partition coefficient (Wildman–Crippen LogP) is 2.82. The monoisotopic (exact) mass is 307 g/mol. The summed E-state index contributed by atoms with van der Waals surface area (Å²) in [7, 11) is -2.29. The lowest BCUT2D eigenvalue weighted by Crippen LogP contribution is -2.14. The molecule has 0 aliphatic rings. The SMILES string of the molecule is COc1ccc(NS(=O)(=O)c2ccc(C)cc2C)c(O)c1. The summed E-state index contributed by atoms with van der Waals surface area (Å²) < 4.78 is 32.1.